The van der Waals surface area contributed by atoms with E-state index in [4.69, 9.17) is 4.74 Å². The van der Waals surface area contributed by atoms with Crippen LogP contribution in [0.25, 0.3) is 0 Å². The lowest BCUT2D eigenvalue weighted by Gasteiger charge is -2.13. The molecule has 0 aliphatic carbocycles. The van der Waals surface area contributed by atoms with E-state index in [0.717, 1.165) is 31.6 Å². The number of ether oxygens (including phenoxy) is 1. The Bertz CT molecular complexity index is 629. The summed E-state index contributed by atoms with van der Waals surface area (Å²) in [5.41, 5.74) is 0.936. The van der Waals surface area contributed by atoms with Gasteiger partial charge in [-0.15, -0.1) is 0 Å². The first-order valence-electron chi connectivity index (χ1n) is 8.74. The summed E-state index contributed by atoms with van der Waals surface area (Å²) >= 11 is 0. The van der Waals surface area contributed by atoms with Gasteiger partial charge in [0.05, 0.1) is 18.4 Å². The number of hydrogen-bond acceptors (Lipinski definition) is 4. The van der Waals surface area contributed by atoms with Crippen LogP contribution in [0.2, 0.25) is 0 Å². The average molecular weight is 369 g/mol. The SMILES string of the molecule is CCNC(=NCC1CCCO1)NCCS(=O)(=O)NCc1ccccc1. The summed E-state index contributed by atoms with van der Waals surface area (Å²) in [4.78, 5) is 4.46. The van der Waals surface area contributed by atoms with E-state index in [0.29, 0.717) is 25.6 Å². The van der Waals surface area contributed by atoms with E-state index < -0.39 is 10.0 Å². The quantitative estimate of drug-likeness (QED) is 0.444. The van der Waals surface area contributed by atoms with Gasteiger partial charge in [-0.05, 0) is 25.3 Å². The van der Waals surface area contributed by atoms with Crippen molar-refractivity contribution in [1.82, 2.24) is 15.4 Å². The second kappa shape index (κ2) is 10.4. The fourth-order valence-corrected chi connectivity index (χ4v) is 3.39. The van der Waals surface area contributed by atoms with Crippen molar-refractivity contribution in [2.24, 2.45) is 4.99 Å². The van der Waals surface area contributed by atoms with E-state index >= 15 is 0 Å². The molecule has 0 aromatic heterocycles. The molecule has 1 fully saturated rings. The highest BCUT2D eigenvalue weighted by molar-refractivity contribution is 7.89. The molecule has 140 valence electrons. The molecule has 0 radical (unpaired) electrons. The predicted molar refractivity (Wildman–Crippen MR) is 100 cm³/mol. The summed E-state index contributed by atoms with van der Waals surface area (Å²) in [6, 6.07) is 9.46. The first-order valence-corrected chi connectivity index (χ1v) is 10.4. The van der Waals surface area contributed by atoms with Crippen LogP contribution in [0.3, 0.4) is 0 Å². The summed E-state index contributed by atoms with van der Waals surface area (Å²) < 4.78 is 32.3. The highest BCUT2D eigenvalue weighted by Crippen LogP contribution is 2.11. The molecule has 0 bridgehead atoms. The average Bonchev–Trinajstić information content (AvgIpc) is 3.12. The summed E-state index contributed by atoms with van der Waals surface area (Å²) in [5.74, 6) is 0.612. The summed E-state index contributed by atoms with van der Waals surface area (Å²) in [5, 5.41) is 6.18. The van der Waals surface area contributed by atoms with E-state index in [1.807, 2.05) is 37.3 Å². The third kappa shape index (κ3) is 7.85. The van der Waals surface area contributed by atoms with Gasteiger partial charge < -0.3 is 15.4 Å². The molecule has 0 saturated carbocycles. The molecule has 1 atom stereocenters. The number of rotatable bonds is 9. The van der Waals surface area contributed by atoms with Gasteiger partial charge in [-0.1, -0.05) is 30.3 Å². The minimum Gasteiger partial charge on any atom is -0.376 e. The van der Waals surface area contributed by atoms with Crippen LogP contribution in [0.1, 0.15) is 25.3 Å². The van der Waals surface area contributed by atoms with E-state index in [2.05, 4.69) is 20.3 Å². The monoisotopic (exact) mass is 368 g/mol. The Labute approximate surface area is 150 Å². The normalized spacial score (nSPS) is 18.3. The maximum atomic E-state index is 12.1. The first kappa shape index (κ1) is 19.7. The molecule has 25 heavy (non-hydrogen) atoms. The zero-order chi connectivity index (χ0) is 18.0. The lowest BCUT2D eigenvalue weighted by atomic mass is 10.2. The molecule has 1 aromatic rings. The zero-order valence-corrected chi connectivity index (χ0v) is 15.5. The molecule has 1 aliphatic rings. The van der Waals surface area contributed by atoms with Crippen LogP contribution < -0.4 is 15.4 Å². The molecule has 1 aromatic carbocycles. The molecule has 1 aliphatic heterocycles. The van der Waals surface area contributed by atoms with Crippen LogP contribution in [-0.2, 0) is 21.3 Å². The van der Waals surface area contributed by atoms with Gasteiger partial charge in [0.1, 0.15) is 0 Å². The van der Waals surface area contributed by atoms with Crippen LogP contribution >= 0.6 is 0 Å². The van der Waals surface area contributed by atoms with Crippen molar-refractivity contribution in [2.75, 3.05) is 32.0 Å². The largest absolute Gasteiger partial charge is 0.376 e. The molecule has 1 heterocycles. The number of nitrogens with one attached hydrogen (secondary N) is 3. The van der Waals surface area contributed by atoms with Crippen molar-refractivity contribution in [3.63, 3.8) is 0 Å². The number of aliphatic imine (C=N–C) groups is 1. The molecular formula is C17H28N4O3S. The Morgan fingerprint density at radius 3 is 2.76 bits per heavy atom. The highest BCUT2D eigenvalue weighted by atomic mass is 32.2. The van der Waals surface area contributed by atoms with Crippen LogP contribution in [0.5, 0.6) is 0 Å². The number of hydrogen-bond donors (Lipinski definition) is 3. The zero-order valence-electron chi connectivity index (χ0n) is 14.7. The topological polar surface area (TPSA) is 91.8 Å². The number of nitrogens with zero attached hydrogens (tertiary/aromatic N) is 1. The smallest absolute Gasteiger partial charge is 0.213 e. The highest BCUT2D eigenvalue weighted by Gasteiger charge is 2.15. The fourth-order valence-electron chi connectivity index (χ4n) is 2.49. The van der Waals surface area contributed by atoms with Gasteiger partial charge in [0.15, 0.2) is 5.96 Å². The Hall–Kier alpha value is -1.64. The summed E-state index contributed by atoms with van der Waals surface area (Å²) in [6.45, 7) is 4.68. The van der Waals surface area contributed by atoms with Gasteiger partial charge in [-0.25, -0.2) is 13.1 Å². The van der Waals surface area contributed by atoms with Gasteiger partial charge in [0.25, 0.3) is 0 Å². The Balaban J connectivity index is 1.74. The van der Waals surface area contributed by atoms with Crippen molar-refractivity contribution in [2.45, 2.75) is 32.4 Å². The van der Waals surface area contributed by atoms with Gasteiger partial charge in [-0.3, -0.25) is 4.99 Å². The lowest BCUT2D eigenvalue weighted by Crippen LogP contribution is -2.41. The minimum atomic E-state index is -3.34. The van der Waals surface area contributed by atoms with E-state index in [-0.39, 0.29) is 11.9 Å². The van der Waals surface area contributed by atoms with Gasteiger partial charge in [0, 0.05) is 26.2 Å². The number of sulfonamides is 1. The van der Waals surface area contributed by atoms with Crippen LogP contribution in [0, 0.1) is 0 Å². The molecule has 1 saturated heterocycles. The Morgan fingerprint density at radius 2 is 2.08 bits per heavy atom. The summed E-state index contributed by atoms with van der Waals surface area (Å²) in [6.07, 6.45) is 2.28. The molecule has 0 spiro atoms. The van der Waals surface area contributed by atoms with Crippen molar-refractivity contribution >= 4 is 16.0 Å². The van der Waals surface area contributed by atoms with E-state index in [1.165, 1.54) is 0 Å². The van der Waals surface area contributed by atoms with Gasteiger partial charge in [-0.2, -0.15) is 0 Å². The fraction of sp³-hybridized carbons (Fsp3) is 0.588. The van der Waals surface area contributed by atoms with Crippen molar-refractivity contribution in [1.29, 1.82) is 0 Å². The first-order chi connectivity index (χ1) is 12.1. The molecule has 7 nitrogen and oxygen atoms in total. The van der Waals surface area contributed by atoms with Gasteiger partial charge in [0.2, 0.25) is 10.0 Å². The van der Waals surface area contributed by atoms with Gasteiger partial charge >= 0.3 is 0 Å². The minimum absolute atomic E-state index is 0.00975. The second-order valence-electron chi connectivity index (χ2n) is 5.91. The van der Waals surface area contributed by atoms with E-state index in [9.17, 15) is 8.42 Å². The molecule has 8 heteroatoms. The van der Waals surface area contributed by atoms with E-state index in [1.54, 1.807) is 0 Å². The van der Waals surface area contributed by atoms with Crippen molar-refractivity contribution in [3.05, 3.63) is 35.9 Å². The molecule has 2 rings (SSSR count). The predicted octanol–water partition coefficient (Wildman–Crippen LogP) is 0.840. The molecule has 3 N–H and O–H groups in total. The maximum Gasteiger partial charge on any atom is 0.213 e. The summed E-state index contributed by atoms with van der Waals surface area (Å²) in [7, 11) is -3.34. The third-order valence-corrected chi connectivity index (χ3v) is 5.15. The van der Waals surface area contributed by atoms with Crippen LogP contribution in [0.4, 0.5) is 0 Å². The standard InChI is InChI=1S/C17H28N4O3S/c1-2-18-17(20-14-16-9-6-11-24-16)19-10-12-25(22,23)21-13-15-7-4-3-5-8-15/h3-5,7-8,16,21H,2,6,9-14H2,1H3,(H2,18,19,20). The third-order valence-electron chi connectivity index (χ3n) is 3.82. The van der Waals surface area contributed by atoms with Crippen molar-refractivity contribution in [3.8, 4) is 0 Å². The van der Waals surface area contributed by atoms with Crippen LogP contribution in [-0.4, -0.2) is 52.5 Å². The lowest BCUT2D eigenvalue weighted by molar-refractivity contribution is 0.117. The number of benzene rings is 1. The van der Waals surface area contributed by atoms with Crippen molar-refractivity contribution < 1.29 is 13.2 Å². The molecule has 0 amide bonds. The Kier molecular flexibility index (Phi) is 8.17. The number of guanidine groups is 1. The second-order valence-corrected chi connectivity index (χ2v) is 7.83. The molecular weight excluding hydrogens is 340 g/mol. The maximum absolute atomic E-state index is 12.1. The Morgan fingerprint density at radius 1 is 1.28 bits per heavy atom. The molecule has 1 unspecified atom stereocenters. The van der Waals surface area contributed by atoms with Crippen LogP contribution in [0.15, 0.2) is 35.3 Å².